The lowest BCUT2D eigenvalue weighted by atomic mass is 9.86. The minimum atomic E-state index is 0.112. The van der Waals surface area contributed by atoms with Gasteiger partial charge < -0.3 is 4.57 Å². The fourth-order valence-corrected chi connectivity index (χ4v) is 7.17. The highest BCUT2D eigenvalue weighted by Gasteiger charge is 2.17. The molecule has 2 aromatic heterocycles. The lowest BCUT2D eigenvalue weighted by molar-refractivity contribution is 0.590. The van der Waals surface area contributed by atoms with Crippen molar-refractivity contribution in [3.05, 3.63) is 181 Å². The minimum absolute atomic E-state index is 0.112. The van der Waals surface area contributed by atoms with Crippen molar-refractivity contribution in [2.45, 2.75) is 26.2 Å². The summed E-state index contributed by atoms with van der Waals surface area (Å²) in [5, 5.41) is 2.46. The van der Waals surface area contributed by atoms with Crippen LogP contribution in [-0.4, -0.2) is 19.5 Å². The van der Waals surface area contributed by atoms with E-state index in [1.807, 2.05) is 36.4 Å². The summed E-state index contributed by atoms with van der Waals surface area (Å²) < 4.78 is 2.37. The summed E-state index contributed by atoms with van der Waals surface area (Å²) in [7, 11) is 0. The number of rotatable bonds is 6. The maximum Gasteiger partial charge on any atom is 0.164 e. The van der Waals surface area contributed by atoms with E-state index in [1.54, 1.807) is 0 Å². The number of benzene rings is 7. The average molecular weight is 683 g/mol. The van der Waals surface area contributed by atoms with Crippen LogP contribution in [0.3, 0.4) is 0 Å². The van der Waals surface area contributed by atoms with E-state index in [2.05, 4.69) is 165 Å². The molecule has 0 amide bonds. The molecule has 254 valence electrons. The molecular formula is C49H38N4. The Labute approximate surface area is 310 Å². The van der Waals surface area contributed by atoms with E-state index in [-0.39, 0.29) is 5.41 Å². The molecule has 0 radical (unpaired) electrons. The topological polar surface area (TPSA) is 43.6 Å². The molecule has 0 bridgehead atoms. The van der Waals surface area contributed by atoms with E-state index in [4.69, 9.17) is 15.0 Å². The number of aromatic nitrogens is 4. The van der Waals surface area contributed by atoms with Gasteiger partial charge in [-0.1, -0.05) is 154 Å². The zero-order valence-electron chi connectivity index (χ0n) is 30.0. The molecule has 9 rings (SSSR count). The molecular weight excluding hydrogens is 645 g/mol. The van der Waals surface area contributed by atoms with Crippen LogP contribution in [0.25, 0.3) is 83.9 Å². The van der Waals surface area contributed by atoms with Crippen molar-refractivity contribution < 1.29 is 0 Å². The Balaban J connectivity index is 1.14. The van der Waals surface area contributed by atoms with E-state index >= 15 is 0 Å². The van der Waals surface area contributed by atoms with Crippen LogP contribution in [0.15, 0.2) is 176 Å². The molecule has 0 aliphatic heterocycles. The summed E-state index contributed by atoms with van der Waals surface area (Å²) in [5.41, 5.74) is 12.3. The maximum absolute atomic E-state index is 5.06. The summed E-state index contributed by atoms with van der Waals surface area (Å²) >= 11 is 0. The molecule has 9 aromatic rings. The second-order valence-corrected chi connectivity index (χ2v) is 14.6. The predicted octanol–water partition coefficient (Wildman–Crippen LogP) is 12.6. The maximum atomic E-state index is 5.06. The zero-order valence-corrected chi connectivity index (χ0v) is 30.0. The van der Waals surface area contributed by atoms with Gasteiger partial charge in [0.25, 0.3) is 0 Å². The van der Waals surface area contributed by atoms with E-state index < -0.39 is 0 Å². The van der Waals surface area contributed by atoms with Gasteiger partial charge in [0.15, 0.2) is 17.5 Å². The molecule has 0 spiro atoms. The van der Waals surface area contributed by atoms with Gasteiger partial charge in [0.2, 0.25) is 0 Å². The Morgan fingerprint density at radius 3 is 1.51 bits per heavy atom. The van der Waals surface area contributed by atoms with Gasteiger partial charge in [0, 0.05) is 33.2 Å². The monoisotopic (exact) mass is 682 g/mol. The predicted molar refractivity (Wildman–Crippen MR) is 220 cm³/mol. The van der Waals surface area contributed by atoms with Gasteiger partial charge in [-0.05, 0) is 75.7 Å². The van der Waals surface area contributed by atoms with Crippen molar-refractivity contribution in [3.8, 4) is 62.1 Å². The second-order valence-electron chi connectivity index (χ2n) is 14.6. The van der Waals surface area contributed by atoms with Gasteiger partial charge >= 0.3 is 0 Å². The molecule has 0 N–H and O–H groups in total. The smallest absolute Gasteiger partial charge is 0.164 e. The Bertz CT molecular complexity index is 2720. The minimum Gasteiger partial charge on any atom is -0.309 e. The largest absolute Gasteiger partial charge is 0.309 e. The summed E-state index contributed by atoms with van der Waals surface area (Å²) in [5.74, 6) is 1.92. The highest BCUT2D eigenvalue weighted by molar-refractivity contribution is 6.10. The van der Waals surface area contributed by atoms with Crippen LogP contribution in [0.5, 0.6) is 0 Å². The highest BCUT2D eigenvalue weighted by Crippen LogP contribution is 2.36. The van der Waals surface area contributed by atoms with Crippen molar-refractivity contribution in [2.24, 2.45) is 0 Å². The molecule has 0 atom stereocenters. The van der Waals surface area contributed by atoms with Crippen LogP contribution in [0.2, 0.25) is 0 Å². The molecule has 4 nitrogen and oxygen atoms in total. The first-order chi connectivity index (χ1) is 25.9. The molecule has 0 fully saturated rings. The lowest BCUT2D eigenvalue weighted by Gasteiger charge is -2.19. The standard InChI is InChI=1S/C49H38N4/c1-49(2,3)40-26-21-34(22-27-40)38-25-30-43-42-19-10-11-20-44(42)53(45(43)32-38)41-28-23-36(24-29-41)47-50-46(35-15-8-5-9-16-35)51-48(52-47)39-18-12-17-37(31-39)33-13-6-4-7-14-33/h4-32H,1-3H3. The van der Waals surface area contributed by atoms with E-state index in [1.165, 1.54) is 38.5 Å². The molecule has 0 saturated carbocycles. The van der Waals surface area contributed by atoms with Crippen molar-refractivity contribution in [1.82, 2.24) is 19.5 Å². The van der Waals surface area contributed by atoms with Crippen LogP contribution >= 0.6 is 0 Å². The third kappa shape index (κ3) is 6.19. The number of hydrogen-bond donors (Lipinski definition) is 0. The third-order valence-corrected chi connectivity index (χ3v) is 10.0. The molecule has 4 heteroatoms. The quantitative estimate of drug-likeness (QED) is 0.175. The van der Waals surface area contributed by atoms with E-state index in [0.29, 0.717) is 17.5 Å². The van der Waals surface area contributed by atoms with Gasteiger partial charge in [0.05, 0.1) is 11.0 Å². The van der Waals surface area contributed by atoms with Gasteiger partial charge in [-0.15, -0.1) is 0 Å². The SMILES string of the molecule is CC(C)(C)c1ccc(-c2ccc3c4ccccc4n(-c4ccc(-c5nc(-c6ccccc6)nc(-c6cccc(-c7ccccc7)c6)n5)cc4)c3c2)cc1. The normalized spacial score (nSPS) is 11.7. The molecule has 2 heterocycles. The highest BCUT2D eigenvalue weighted by atomic mass is 15.0. The van der Waals surface area contributed by atoms with Crippen LogP contribution < -0.4 is 0 Å². The Morgan fingerprint density at radius 2 is 0.830 bits per heavy atom. The summed E-state index contributed by atoms with van der Waals surface area (Å²) in [6.07, 6.45) is 0. The molecule has 0 unspecified atom stereocenters. The van der Waals surface area contributed by atoms with Crippen LogP contribution in [-0.2, 0) is 5.41 Å². The molecule has 0 saturated heterocycles. The third-order valence-electron chi connectivity index (χ3n) is 10.0. The van der Waals surface area contributed by atoms with Crippen LogP contribution in [0.1, 0.15) is 26.3 Å². The van der Waals surface area contributed by atoms with Crippen molar-refractivity contribution in [2.75, 3.05) is 0 Å². The van der Waals surface area contributed by atoms with Crippen molar-refractivity contribution >= 4 is 21.8 Å². The van der Waals surface area contributed by atoms with Gasteiger partial charge in [-0.25, -0.2) is 15.0 Å². The van der Waals surface area contributed by atoms with Gasteiger partial charge in [-0.3, -0.25) is 0 Å². The number of hydrogen-bond acceptors (Lipinski definition) is 3. The summed E-state index contributed by atoms with van der Waals surface area (Å²) in [4.78, 5) is 15.1. The van der Waals surface area contributed by atoms with Gasteiger partial charge in [-0.2, -0.15) is 0 Å². The number of fused-ring (bicyclic) bond motifs is 3. The van der Waals surface area contributed by atoms with Crippen molar-refractivity contribution in [3.63, 3.8) is 0 Å². The van der Waals surface area contributed by atoms with Gasteiger partial charge in [0.1, 0.15) is 0 Å². The first-order valence-electron chi connectivity index (χ1n) is 18.1. The molecule has 0 aliphatic rings. The second kappa shape index (κ2) is 13.2. The van der Waals surface area contributed by atoms with Crippen LogP contribution in [0, 0.1) is 0 Å². The first kappa shape index (κ1) is 32.3. The fraction of sp³-hybridized carbons (Fsp3) is 0.0816. The Kier molecular flexibility index (Phi) is 8.01. The van der Waals surface area contributed by atoms with Crippen LogP contribution in [0.4, 0.5) is 0 Å². The molecule has 0 aliphatic carbocycles. The zero-order chi connectivity index (χ0) is 35.9. The van der Waals surface area contributed by atoms with E-state index in [0.717, 1.165) is 33.5 Å². The summed E-state index contributed by atoms with van der Waals surface area (Å²) in [6, 6.07) is 62.0. The first-order valence-corrected chi connectivity index (χ1v) is 18.1. The molecule has 7 aromatic carbocycles. The van der Waals surface area contributed by atoms with Crippen molar-refractivity contribution in [1.29, 1.82) is 0 Å². The Morgan fingerprint density at radius 1 is 0.358 bits per heavy atom. The Hall–Kier alpha value is -6.65. The fourth-order valence-electron chi connectivity index (χ4n) is 7.17. The number of para-hydroxylation sites is 1. The lowest BCUT2D eigenvalue weighted by Crippen LogP contribution is -2.10. The number of nitrogens with zero attached hydrogens (tertiary/aromatic N) is 4. The average Bonchev–Trinajstić information content (AvgIpc) is 3.55. The molecule has 53 heavy (non-hydrogen) atoms. The summed E-state index contributed by atoms with van der Waals surface area (Å²) in [6.45, 7) is 6.76. The van der Waals surface area contributed by atoms with E-state index in [9.17, 15) is 0 Å².